The van der Waals surface area contributed by atoms with Gasteiger partial charge in [0, 0.05) is 32.2 Å². The van der Waals surface area contributed by atoms with Crippen molar-refractivity contribution in [1.82, 2.24) is 15.1 Å². The molecule has 4 heteroatoms. The molecule has 1 aliphatic carbocycles. The summed E-state index contributed by atoms with van der Waals surface area (Å²) in [6.07, 6.45) is 7.94. The van der Waals surface area contributed by atoms with E-state index in [0.29, 0.717) is 5.54 Å². The zero-order valence-electron chi connectivity index (χ0n) is 13.8. The van der Waals surface area contributed by atoms with Gasteiger partial charge in [-0.15, -0.1) is 0 Å². The van der Waals surface area contributed by atoms with Crippen molar-refractivity contribution in [1.29, 1.82) is 0 Å². The molecular formula is C16H32N4. The predicted molar refractivity (Wildman–Crippen MR) is 86.2 cm³/mol. The summed E-state index contributed by atoms with van der Waals surface area (Å²) in [6, 6.07) is 0. The molecule has 2 atom stereocenters. The summed E-state index contributed by atoms with van der Waals surface area (Å²) in [5, 5.41) is 3.66. The van der Waals surface area contributed by atoms with Gasteiger partial charge in [0.1, 0.15) is 0 Å². The average Bonchev–Trinajstić information content (AvgIpc) is 2.93. The van der Waals surface area contributed by atoms with Crippen LogP contribution in [-0.4, -0.2) is 62.1 Å². The van der Waals surface area contributed by atoms with Crippen LogP contribution in [0.25, 0.3) is 0 Å². The second-order valence-electron chi connectivity index (χ2n) is 6.92. The first-order valence-electron chi connectivity index (χ1n) is 8.20. The van der Waals surface area contributed by atoms with E-state index >= 15 is 0 Å². The monoisotopic (exact) mass is 280 g/mol. The van der Waals surface area contributed by atoms with Crippen LogP contribution >= 0.6 is 0 Å². The van der Waals surface area contributed by atoms with Gasteiger partial charge in [0.2, 0.25) is 0 Å². The number of likely N-dealkylation sites (tertiary alicyclic amines) is 1. The Balaban J connectivity index is 1.97. The highest BCUT2D eigenvalue weighted by Gasteiger charge is 2.37. The molecule has 2 rings (SSSR count). The lowest BCUT2D eigenvalue weighted by atomic mass is 9.75. The Morgan fingerprint density at radius 3 is 2.55 bits per heavy atom. The van der Waals surface area contributed by atoms with E-state index in [9.17, 15) is 0 Å². The molecular weight excluding hydrogens is 248 g/mol. The highest BCUT2D eigenvalue weighted by atomic mass is 15.3. The third-order valence-electron chi connectivity index (χ3n) is 5.21. The summed E-state index contributed by atoms with van der Waals surface area (Å²) in [6.45, 7) is 5.73. The fourth-order valence-corrected chi connectivity index (χ4v) is 3.86. The molecule has 2 fully saturated rings. The van der Waals surface area contributed by atoms with Crippen LogP contribution in [0.3, 0.4) is 0 Å². The van der Waals surface area contributed by atoms with Crippen molar-refractivity contribution >= 4 is 5.96 Å². The lowest BCUT2D eigenvalue weighted by Gasteiger charge is -2.45. The SMILES string of the molecule is CN=C(NCC1(N(C)C)CCCC(C)C1)N1CCCC1. The second kappa shape index (κ2) is 6.79. The summed E-state index contributed by atoms with van der Waals surface area (Å²) in [5.74, 6) is 1.93. The Bertz CT molecular complexity index is 333. The van der Waals surface area contributed by atoms with Gasteiger partial charge < -0.3 is 15.1 Å². The fourth-order valence-electron chi connectivity index (χ4n) is 3.86. The normalized spacial score (nSPS) is 31.9. The van der Waals surface area contributed by atoms with E-state index in [1.165, 1.54) is 38.5 Å². The van der Waals surface area contributed by atoms with Gasteiger partial charge in [0.15, 0.2) is 5.96 Å². The molecule has 1 saturated carbocycles. The fraction of sp³-hybridized carbons (Fsp3) is 0.938. The minimum absolute atomic E-state index is 0.299. The topological polar surface area (TPSA) is 30.9 Å². The smallest absolute Gasteiger partial charge is 0.193 e. The Morgan fingerprint density at radius 1 is 1.30 bits per heavy atom. The van der Waals surface area contributed by atoms with E-state index in [1.54, 1.807) is 0 Å². The van der Waals surface area contributed by atoms with Crippen LogP contribution in [0.2, 0.25) is 0 Å². The van der Waals surface area contributed by atoms with Gasteiger partial charge >= 0.3 is 0 Å². The number of hydrogen-bond donors (Lipinski definition) is 1. The molecule has 0 amide bonds. The first-order valence-corrected chi connectivity index (χ1v) is 8.20. The van der Waals surface area contributed by atoms with Crippen LogP contribution < -0.4 is 5.32 Å². The zero-order valence-corrected chi connectivity index (χ0v) is 13.8. The molecule has 2 aliphatic rings. The number of likely N-dealkylation sites (N-methyl/N-ethyl adjacent to an activating group) is 1. The number of aliphatic imine (C=N–C) groups is 1. The predicted octanol–water partition coefficient (Wildman–Crippen LogP) is 2.17. The molecule has 1 aliphatic heterocycles. The van der Waals surface area contributed by atoms with Crippen molar-refractivity contribution < 1.29 is 0 Å². The minimum atomic E-state index is 0.299. The van der Waals surface area contributed by atoms with Gasteiger partial charge in [-0.2, -0.15) is 0 Å². The molecule has 0 radical (unpaired) electrons. The average molecular weight is 280 g/mol. The molecule has 20 heavy (non-hydrogen) atoms. The van der Waals surface area contributed by atoms with Crippen LogP contribution in [-0.2, 0) is 0 Å². The Kier molecular flexibility index (Phi) is 5.30. The molecule has 1 saturated heterocycles. The third kappa shape index (κ3) is 3.46. The number of hydrogen-bond acceptors (Lipinski definition) is 2. The van der Waals surface area contributed by atoms with Crippen molar-refractivity contribution in [2.75, 3.05) is 40.8 Å². The standard InChI is InChI=1S/C16H32N4/c1-14-8-7-9-16(12-14,19(3)4)13-18-15(17-2)20-10-5-6-11-20/h14H,5-13H2,1-4H3,(H,17,18). The highest BCUT2D eigenvalue weighted by Crippen LogP contribution is 2.35. The highest BCUT2D eigenvalue weighted by molar-refractivity contribution is 5.80. The summed E-state index contributed by atoms with van der Waals surface area (Å²) in [7, 11) is 6.38. The zero-order chi connectivity index (χ0) is 14.6. The molecule has 1 N–H and O–H groups in total. The van der Waals surface area contributed by atoms with Crippen LogP contribution in [0, 0.1) is 5.92 Å². The van der Waals surface area contributed by atoms with E-state index in [4.69, 9.17) is 0 Å². The van der Waals surface area contributed by atoms with Crippen molar-refractivity contribution in [2.45, 2.75) is 51.0 Å². The van der Waals surface area contributed by atoms with Crippen molar-refractivity contribution in [3.63, 3.8) is 0 Å². The van der Waals surface area contributed by atoms with Gasteiger partial charge in [0.25, 0.3) is 0 Å². The summed E-state index contributed by atoms with van der Waals surface area (Å²) >= 11 is 0. The van der Waals surface area contributed by atoms with Gasteiger partial charge in [-0.3, -0.25) is 4.99 Å². The van der Waals surface area contributed by atoms with Crippen LogP contribution in [0.5, 0.6) is 0 Å². The van der Waals surface area contributed by atoms with Crippen molar-refractivity contribution in [3.8, 4) is 0 Å². The second-order valence-corrected chi connectivity index (χ2v) is 6.92. The van der Waals surface area contributed by atoms with E-state index in [0.717, 1.165) is 31.5 Å². The Morgan fingerprint density at radius 2 is 2.00 bits per heavy atom. The largest absolute Gasteiger partial charge is 0.354 e. The number of guanidine groups is 1. The summed E-state index contributed by atoms with van der Waals surface area (Å²) in [4.78, 5) is 9.31. The van der Waals surface area contributed by atoms with Crippen LogP contribution in [0.15, 0.2) is 4.99 Å². The van der Waals surface area contributed by atoms with Gasteiger partial charge in [-0.05, 0) is 45.7 Å². The quantitative estimate of drug-likeness (QED) is 0.635. The first-order chi connectivity index (χ1) is 9.57. The molecule has 0 aromatic heterocycles. The summed E-state index contributed by atoms with van der Waals surface area (Å²) < 4.78 is 0. The van der Waals surface area contributed by atoms with Gasteiger partial charge in [-0.1, -0.05) is 19.8 Å². The maximum atomic E-state index is 4.48. The van der Waals surface area contributed by atoms with Crippen molar-refractivity contribution in [3.05, 3.63) is 0 Å². The third-order valence-corrected chi connectivity index (χ3v) is 5.21. The maximum Gasteiger partial charge on any atom is 0.193 e. The molecule has 0 aromatic carbocycles. The van der Waals surface area contributed by atoms with E-state index in [-0.39, 0.29) is 0 Å². The Hall–Kier alpha value is -0.770. The van der Waals surface area contributed by atoms with Crippen molar-refractivity contribution in [2.24, 2.45) is 10.9 Å². The molecule has 0 bridgehead atoms. The first kappa shape index (κ1) is 15.6. The molecule has 116 valence electrons. The molecule has 0 aromatic rings. The Labute approximate surface area is 124 Å². The summed E-state index contributed by atoms with van der Waals surface area (Å²) in [5.41, 5.74) is 0.299. The number of rotatable bonds is 3. The van der Waals surface area contributed by atoms with Crippen LogP contribution in [0.4, 0.5) is 0 Å². The lowest BCUT2D eigenvalue weighted by molar-refractivity contribution is 0.0790. The number of nitrogens with one attached hydrogen (secondary N) is 1. The van der Waals surface area contributed by atoms with Gasteiger partial charge in [0.05, 0.1) is 0 Å². The van der Waals surface area contributed by atoms with E-state index in [2.05, 4.69) is 41.1 Å². The lowest BCUT2D eigenvalue weighted by Crippen LogP contribution is -2.56. The molecule has 0 spiro atoms. The molecule has 1 heterocycles. The maximum absolute atomic E-state index is 4.48. The van der Waals surface area contributed by atoms with E-state index < -0.39 is 0 Å². The number of nitrogens with zero attached hydrogens (tertiary/aromatic N) is 3. The van der Waals surface area contributed by atoms with Crippen LogP contribution in [0.1, 0.15) is 45.4 Å². The molecule has 4 nitrogen and oxygen atoms in total. The molecule has 2 unspecified atom stereocenters. The van der Waals surface area contributed by atoms with E-state index in [1.807, 2.05) is 7.05 Å². The minimum Gasteiger partial charge on any atom is -0.354 e. The van der Waals surface area contributed by atoms with Gasteiger partial charge in [-0.25, -0.2) is 0 Å².